The van der Waals surface area contributed by atoms with Crippen LogP contribution >= 0.6 is 0 Å². The van der Waals surface area contributed by atoms with Crippen LogP contribution in [0.3, 0.4) is 0 Å². The summed E-state index contributed by atoms with van der Waals surface area (Å²) in [7, 11) is 0. The quantitative estimate of drug-likeness (QED) is 0.384. The van der Waals surface area contributed by atoms with Crippen LogP contribution in [-0.4, -0.2) is 29.3 Å². The molecule has 0 aliphatic carbocycles. The molecule has 7 heteroatoms. The predicted molar refractivity (Wildman–Crippen MR) is 154 cm³/mol. The Morgan fingerprint density at radius 2 is 1.45 bits per heavy atom. The van der Waals surface area contributed by atoms with Crippen molar-refractivity contribution in [2.75, 3.05) is 11.9 Å². The molecule has 3 aromatic rings. The lowest BCUT2D eigenvalue weighted by Gasteiger charge is -2.10. The zero-order chi connectivity index (χ0) is 28.3. The van der Waals surface area contributed by atoms with Crippen LogP contribution in [0, 0.1) is 23.7 Å². The Kier molecular flexibility index (Phi) is 14.9. The molecule has 0 saturated heterocycles. The molecule has 3 rings (SSSR count). The number of nitrogens with one attached hydrogen (secondary N) is 2. The summed E-state index contributed by atoms with van der Waals surface area (Å²) in [4.78, 5) is 37.6. The highest BCUT2D eigenvalue weighted by molar-refractivity contribution is 5.94. The van der Waals surface area contributed by atoms with Gasteiger partial charge in [0, 0.05) is 24.1 Å². The second-order valence-electron chi connectivity index (χ2n) is 9.10. The number of pyridine rings is 1. The molecule has 200 valence electrons. The van der Waals surface area contributed by atoms with E-state index in [4.69, 9.17) is 5.73 Å². The van der Waals surface area contributed by atoms with Gasteiger partial charge >= 0.3 is 0 Å². The lowest BCUT2D eigenvalue weighted by molar-refractivity contribution is -0.129. The highest BCUT2D eigenvalue weighted by Crippen LogP contribution is 2.18. The third-order valence-electron chi connectivity index (χ3n) is 4.57. The number of hydrogen-bond acceptors (Lipinski definition) is 4. The van der Waals surface area contributed by atoms with Crippen molar-refractivity contribution in [2.45, 2.75) is 41.0 Å². The molecule has 0 aliphatic heterocycles. The number of primary amides is 1. The van der Waals surface area contributed by atoms with Crippen molar-refractivity contribution in [1.82, 2.24) is 10.3 Å². The van der Waals surface area contributed by atoms with Gasteiger partial charge in [0.05, 0.1) is 6.54 Å². The standard InChI is InChI=1S/C15H12.C12H16N4O3.C4H10/c1-2-6-13-9-11-15(12-10-13)14-7-4-3-5-8-14;1-8(6-9(13)17)12(19)15-7-11(18)16-10-4-2-3-5-14-10;1-4(2)3/h3-5,7-12H,1H3;2-5,8H,6-7H2,1H3,(H2,13,17)(H,15,19)(H,14,16,18);4H,1-3H3. The normalized spacial score (nSPS) is 10.3. The molecule has 1 heterocycles. The summed E-state index contributed by atoms with van der Waals surface area (Å²) < 4.78 is 0. The molecule has 38 heavy (non-hydrogen) atoms. The summed E-state index contributed by atoms with van der Waals surface area (Å²) >= 11 is 0. The Bertz CT molecular complexity index is 1180. The van der Waals surface area contributed by atoms with E-state index in [1.807, 2.05) is 13.0 Å². The molecule has 4 N–H and O–H groups in total. The van der Waals surface area contributed by atoms with Gasteiger partial charge in [0.1, 0.15) is 5.82 Å². The fraction of sp³-hybridized carbons (Fsp3) is 0.290. The van der Waals surface area contributed by atoms with Crippen LogP contribution in [-0.2, 0) is 14.4 Å². The molecule has 1 unspecified atom stereocenters. The first-order valence-corrected chi connectivity index (χ1v) is 12.5. The number of nitrogens with zero attached hydrogens (tertiary/aromatic N) is 1. The Labute approximate surface area is 226 Å². The van der Waals surface area contributed by atoms with Crippen LogP contribution in [0.2, 0.25) is 0 Å². The van der Waals surface area contributed by atoms with Gasteiger partial charge in [0.25, 0.3) is 0 Å². The molecule has 0 saturated carbocycles. The monoisotopic (exact) mass is 514 g/mol. The molecule has 0 spiro atoms. The van der Waals surface area contributed by atoms with Gasteiger partial charge in [-0.2, -0.15) is 0 Å². The molecule has 7 nitrogen and oxygen atoms in total. The maximum absolute atomic E-state index is 11.5. The van der Waals surface area contributed by atoms with Crippen molar-refractivity contribution < 1.29 is 14.4 Å². The zero-order valence-electron chi connectivity index (χ0n) is 22.8. The minimum atomic E-state index is -0.555. The molecule has 2 aromatic carbocycles. The molecule has 1 atom stereocenters. The van der Waals surface area contributed by atoms with Crippen LogP contribution in [0.5, 0.6) is 0 Å². The molecule has 1 aromatic heterocycles. The van der Waals surface area contributed by atoms with Crippen molar-refractivity contribution in [3.8, 4) is 23.0 Å². The lowest BCUT2D eigenvalue weighted by Crippen LogP contribution is -2.37. The van der Waals surface area contributed by atoms with Gasteiger partial charge in [-0.15, -0.1) is 5.92 Å². The van der Waals surface area contributed by atoms with E-state index in [1.54, 1.807) is 31.3 Å². The highest BCUT2D eigenvalue weighted by Gasteiger charge is 2.16. The predicted octanol–water partition coefficient (Wildman–Crippen LogP) is 5.04. The number of nitrogens with two attached hydrogens (primary N) is 1. The summed E-state index contributed by atoms with van der Waals surface area (Å²) in [5.41, 5.74) is 8.53. The number of hydrogen-bond donors (Lipinski definition) is 3. The van der Waals surface area contributed by atoms with Gasteiger partial charge < -0.3 is 16.4 Å². The fourth-order valence-electron chi connectivity index (χ4n) is 2.88. The van der Waals surface area contributed by atoms with E-state index in [0.717, 1.165) is 11.5 Å². The summed E-state index contributed by atoms with van der Waals surface area (Å²) in [5.74, 6) is 5.28. The van der Waals surface area contributed by atoms with E-state index in [1.165, 1.54) is 11.1 Å². The van der Waals surface area contributed by atoms with Gasteiger partial charge in [0.15, 0.2) is 0 Å². The second-order valence-corrected chi connectivity index (χ2v) is 9.10. The number of amides is 3. The Hall–Kier alpha value is -4.44. The number of rotatable bonds is 7. The second kappa shape index (κ2) is 17.9. The Morgan fingerprint density at radius 1 is 0.868 bits per heavy atom. The van der Waals surface area contributed by atoms with E-state index in [-0.39, 0.29) is 13.0 Å². The number of anilines is 1. The summed E-state index contributed by atoms with van der Waals surface area (Å²) in [5, 5.41) is 4.94. The summed E-state index contributed by atoms with van der Waals surface area (Å²) in [6.45, 7) is 9.74. The molecule has 3 amide bonds. The van der Waals surface area contributed by atoms with Crippen LogP contribution in [0.15, 0.2) is 79.0 Å². The van der Waals surface area contributed by atoms with Gasteiger partial charge in [-0.25, -0.2) is 4.98 Å². The van der Waals surface area contributed by atoms with Crippen molar-refractivity contribution in [3.63, 3.8) is 0 Å². The van der Waals surface area contributed by atoms with Crippen molar-refractivity contribution in [1.29, 1.82) is 0 Å². The van der Waals surface area contributed by atoms with E-state index in [0.29, 0.717) is 5.82 Å². The first kappa shape index (κ1) is 31.6. The third-order valence-corrected chi connectivity index (χ3v) is 4.57. The summed E-state index contributed by atoms with van der Waals surface area (Å²) in [6, 6.07) is 23.8. The minimum absolute atomic E-state index is 0.0479. The van der Waals surface area contributed by atoms with E-state index >= 15 is 0 Å². The Balaban J connectivity index is 0.000000339. The van der Waals surface area contributed by atoms with E-state index < -0.39 is 23.6 Å². The molecule has 0 fully saturated rings. The minimum Gasteiger partial charge on any atom is -0.370 e. The number of carbonyl (C=O) groups is 3. The van der Waals surface area contributed by atoms with Gasteiger partial charge in [-0.3, -0.25) is 14.4 Å². The SMILES string of the molecule is CC#Cc1ccc(-c2ccccc2)cc1.CC(C)C.CC(CC(N)=O)C(=O)NCC(=O)Nc1ccccn1. The first-order chi connectivity index (χ1) is 18.1. The topological polar surface area (TPSA) is 114 Å². The fourth-order valence-corrected chi connectivity index (χ4v) is 2.88. The van der Waals surface area contributed by atoms with E-state index in [2.05, 4.69) is 96.8 Å². The van der Waals surface area contributed by atoms with Crippen LogP contribution in [0.1, 0.15) is 46.6 Å². The number of carbonyl (C=O) groups excluding carboxylic acids is 3. The number of benzene rings is 2. The average molecular weight is 515 g/mol. The number of aromatic nitrogens is 1. The Morgan fingerprint density at radius 3 is 1.97 bits per heavy atom. The zero-order valence-corrected chi connectivity index (χ0v) is 22.8. The molecule has 0 radical (unpaired) electrons. The van der Waals surface area contributed by atoms with E-state index in [9.17, 15) is 14.4 Å². The van der Waals surface area contributed by atoms with Gasteiger partial charge in [0.2, 0.25) is 17.7 Å². The van der Waals surface area contributed by atoms with Crippen LogP contribution in [0.4, 0.5) is 5.82 Å². The van der Waals surface area contributed by atoms with Gasteiger partial charge in [-0.1, -0.05) is 82.1 Å². The first-order valence-electron chi connectivity index (χ1n) is 12.5. The van der Waals surface area contributed by atoms with Crippen LogP contribution in [0.25, 0.3) is 11.1 Å². The average Bonchev–Trinajstić information content (AvgIpc) is 2.89. The smallest absolute Gasteiger partial charge is 0.244 e. The lowest BCUT2D eigenvalue weighted by atomic mass is 10.0. The largest absolute Gasteiger partial charge is 0.370 e. The molecule has 0 bridgehead atoms. The maximum atomic E-state index is 11.5. The van der Waals surface area contributed by atoms with Crippen molar-refractivity contribution in [2.24, 2.45) is 17.6 Å². The van der Waals surface area contributed by atoms with Crippen LogP contribution < -0.4 is 16.4 Å². The highest BCUT2D eigenvalue weighted by atomic mass is 16.2. The van der Waals surface area contributed by atoms with Gasteiger partial charge in [-0.05, 0) is 48.2 Å². The third kappa shape index (κ3) is 14.2. The maximum Gasteiger partial charge on any atom is 0.244 e. The van der Waals surface area contributed by atoms with Crippen molar-refractivity contribution in [3.05, 3.63) is 84.6 Å². The molecular weight excluding hydrogens is 476 g/mol. The summed E-state index contributed by atoms with van der Waals surface area (Å²) in [6.07, 6.45) is 1.50. The molecule has 0 aliphatic rings. The van der Waals surface area contributed by atoms with Crippen molar-refractivity contribution >= 4 is 23.5 Å². The molecular formula is C31H38N4O3.